The van der Waals surface area contributed by atoms with Gasteiger partial charge in [-0.2, -0.15) is 0 Å². The van der Waals surface area contributed by atoms with Gasteiger partial charge in [-0.1, -0.05) is 72.8 Å². The number of ketones is 2. The van der Waals surface area contributed by atoms with Crippen molar-refractivity contribution in [3.8, 4) is 0 Å². The van der Waals surface area contributed by atoms with E-state index in [0.29, 0.717) is 15.6 Å². The lowest BCUT2D eigenvalue weighted by Gasteiger charge is -2.34. The fourth-order valence-electron chi connectivity index (χ4n) is 6.35. The summed E-state index contributed by atoms with van der Waals surface area (Å²) in [5.74, 6) is -2.60. The molecule has 1 aliphatic carbocycles. The van der Waals surface area contributed by atoms with E-state index in [9.17, 15) is 24.5 Å². The number of halogens is 1. The maximum absolute atomic E-state index is 14.6. The van der Waals surface area contributed by atoms with Gasteiger partial charge in [0, 0.05) is 33.7 Å². The summed E-state index contributed by atoms with van der Waals surface area (Å²) in [5, 5.41) is 16.9. The molecule has 200 valence electrons. The van der Waals surface area contributed by atoms with Crippen LogP contribution in [0.1, 0.15) is 50.7 Å². The number of ether oxygens (including phenoxy) is 1. The highest BCUT2D eigenvalue weighted by atomic mass is 79.9. The van der Waals surface area contributed by atoms with Crippen LogP contribution >= 0.6 is 15.9 Å². The third-order valence-electron chi connectivity index (χ3n) is 7.98. The van der Waals surface area contributed by atoms with Crippen LogP contribution < -0.4 is 5.32 Å². The SMILES string of the molecule is CCOC(=O)[C@@H]1N[C@@H](c2ccc3ccccc3c2Br)C2(C(=O)c3ccccc3C2=O)[C@H]1c1cccc([N+](=O)[O-])c1. The van der Waals surface area contributed by atoms with Gasteiger partial charge in [0.15, 0.2) is 11.6 Å². The van der Waals surface area contributed by atoms with E-state index in [-0.39, 0.29) is 23.4 Å². The number of nitro benzene ring substituents is 1. The molecule has 0 aromatic heterocycles. The average Bonchev–Trinajstić information content (AvgIpc) is 3.43. The highest BCUT2D eigenvalue weighted by molar-refractivity contribution is 9.10. The fourth-order valence-corrected chi connectivity index (χ4v) is 7.08. The lowest BCUT2D eigenvalue weighted by atomic mass is 9.63. The molecule has 3 atom stereocenters. The van der Waals surface area contributed by atoms with Gasteiger partial charge in [-0.25, -0.2) is 0 Å². The summed E-state index contributed by atoms with van der Waals surface area (Å²) in [5.41, 5.74) is -0.543. The largest absolute Gasteiger partial charge is 0.465 e. The molecule has 0 amide bonds. The van der Waals surface area contributed by atoms with Crippen molar-refractivity contribution in [1.82, 2.24) is 5.32 Å². The van der Waals surface area contributed by atoms with Crippen molar-refractivity contribution in [2.75, 3.05) is 6.61 Å². The van der Waals surface area contributed by atoms with Crippen LogP contribution in [-0.2, 0) is 9.53 Å². The molecule has 1 N–H and O–H groups in total. The zero-order chi connectivity index (χ0) is 28.2. The zero-order valence-corrected chi connectivity index (χ0v) is 22.9. The van der Waals surface area contributed by atoms with Gasteiger partial charge in [-0.15, -0.1) is 0 Å². The molecule has 0 saturated carbocycles. The van der Waals surface area contributed by atoms with E-state index < -0.39 is 45.9 Å². The molecule has 6 rings (SSSR count). The lowest BCUT2D eigenvalue weighted by Crippen LogP contribution is -2.43. The van der Waals surface area contributed by atoms with Crippen molar-refractivity contribution in [2.24, 2.45) is 5.41 Å². The maximum atomic E-state index is 14.6. The van der Waals surface area contributed by atoms with E-state index in [1.54, 1.807) is 37.3 Å². The smallest absolute Gasteiger partial charge is 0.323 e. The molecule has 8 nitrogen and oxygen atoms in total. The van der Waals surface area contributed by atoms with Crippen molar-refractivity contribution in [3.63, 3.8) is 0 Å². The molecule has 4 aromatic rings. The molecule has 1 spiro atoms. The first-order valence-corrected chi connectivity index (χ1v) is 13.6. The number of non-ortho nitro benzene ring substituents is 1. The van der Waals surface area contributed by atoms with Gasteiger partial charge < -0.3 is 4.74 Å². The first-order valence-electron chi connectivity index (χ1n) is 12.8. The highest BCUT2D eigenvalue weighted by Gasteiger charge is 2.69. The van der Waals surface area contributed by atoms with Gasteiger partial charge in [-0.05, 0) is 44.8 Å². The number of carbonyl (C=O) groups is 3. The quantitative estimate of drug-likeness (QED) is 0.131. The topological polar surface area (TPSA) is 116 Å². The Morgan fingerprint density at radius 3 is 2.33 bits per heavy atom. The molecule has 1 aliphatic heterocycles. The normalized spacial score (nSPS) is 21.1. The van der Waals surface area contributed by atoms with Gasteiger partial charge in [0.05, 0.1) is 17.6 Å². The molecule has 0 unspecified atom stereocenters. The Morgan fingerprint density at radius 2 is 1.65 bits per heavy atom. The Balaban J connectivity index is 1.67. The summed E-state index contributed by atoms with van der Waals surface area (Å²) < 4.78 is 6.10. The summed E-state index contributed by atoms with van der Waals surface area (Å²) >= 11 is 3.72. The van der Waals surface area contributed by atoms with E-state index >= 15 is 0 Å². The standard InChI is InChI=1S/C31H23BrN2O6/c1-2-40-30(37)26-24(18-9-7-10-19(16-18)34(38)39)31(28(35)21-12-5-6-13-22(21)29(31)36)27(33-26)23-15-14-17-8-3-4-11-20(17)25(23)32/h3-16,24,26-27,33H,2H2,1H3/t24-,26+,27-/m0/s1. The Bertz CT molecular complexity index is 1700. The van der Waals surface area contributed by atoms with Crippen LogP contribution in [0.15, 0.2) is 89.4 Å². The van der Waals surface area contributed by atoms with E-state index in [0.717, 1.165) is 10.8 Å². The van der Waals surface area contributed by atoms with E-state index in [2.05, 4.69) is 21.2 Å². The molecule has 1 saturated heterocycles. The Labute approximate surface area is 237 Å². The van der Waals surface area contributed by atoms with Crippen molar-refractivity contribution in [3.05, 3.63) is 122 Å². The molecule has 40 heavy (non-hydrogen) atoms. The first-order chi connectivity index (χ1) is 19.3. The molecule has 1 heterocycles. The number of hydrogen-bond donors (Lipinski definition) is 1. The number of hydrogen-bond acceptors (Lipinski definition) is 7. The summed E-state index contributed by atoms with van der Waals surface area (Å²) in [6, 6.07) is 21.8. The van der Waals surface area contributed by atoms with Crippen molar-refractivity contribution < 1.29 is 24.0 Å². The lowest BCUT2D eigenvalue weighted by molar-refractivity contribution is -0.384. The number of carbonyl (C=O) groups excluding carboxylic acids is 3. The van der Waals surface area contributed by atoms with E-state index in [4.69, 9.17) is 4.74 Å². The van der Waals surface area contributed by atoms with Crippen LogP contribution in [0.4, 0.5) is 5.69 Å². The summed E-state index contributed by atoms with van der Waals surface area (Å²) in [7, 11) is 0. The van der Waals surface area contributed by atoms with Crippen molar-refractivity contribution in [1.29, 1.82) is 0 Å². The third kappa shape index (κ3) is 3.65. The van der Waals surface area contributed by atoms with Crippen LogP contribution in [0.3, 0.4) is 0 Å². The van der Waals surface area contributed by atoms with Crippen molar-refractivity contribution >= 4 is 49.9 Å². The number of nitrogens with zero attached hydrogens (tertiary/aromatic N) is 1. The molecule has 4 aromatic carbocycles. The first kappa shape index (κ1) is 26.0. The van der Waals surface area contributed by atoms with E-state index in [1.807, 2.05) is 36.4 Å². The highest BCUT2D eigenvalue weighted by Crippen LogP contribution is 2.60. The van der Waals surface area contributed by atoms with Crippen LogP contribution in [0.25, 0.3) is 10.8 Å². The number of Topliss-reactive ketones (excluding diaryl/α,β-unsaturated/α-hetero) is 2. The molecule has 0 bridgehead atoms. The van der Waals surface area contributed by atoms with Crippen molar-refractivity contribution in [2.45, 2.75) is 24.9 Å². The second kappa shape index (κ2) is 9.76. The number of esters is 1. The second-order valence-electron chi connectivity index (χ2n) is 9.92. The third-order valence-corrected chi connectivity index (χ3v) is 8.86. The van der Waals surface area contributed by atoms with Crippen LogP contribution in [0.5, 0.6) is 0 Å². The monoisotopic (exact) mass is 598 g/mol. The van der Waals surface area contributed by atoms with Gasteiger partial charge >= 0.3 is 5.97 Å². The maximum Gasteiger partial charge on any atom is 0.323 e. The molecular weight excluding hydrogens is 576 g/mol. The summed E-state index contributed by atoms with van der Waals surface area (Å²) in [4.78, 5) is 53.8. The molecule has 1 fully saturated rings. The zero-order valence-electron chi connectivity index (χ0n) is 21.3. The molecular formula is C31H23BrN2O6. The van der Waals surface area contributed by atoms with Gasteiger partial charge in [0.2, 0.25) is 0 Å². The van der Waals surface area contributed by atoms with Crippen LogP contribution in [0, 0.1) is 15.5 Å². The predicted molar refractivity (Wildman–Crippen MR) is 151 cm³/mol. The second-order valence-corrected chi connectivity index (χ2v) is 10.7. The Kier molecular flexibility index (Phi) is 6.35. The van der Waals surface area contributed by atoms with Crippen LogP contribution in [-0.4, -0.2) is 35.1 Å². The number of benzene rings is 4. The average molecular weight is 599 g/mol. The summed E-state index contributed by atoms with van der Waals surface area (Å²) in [6.07, 6.45) is 0. The predicted octanol–water partition coefficient (Wildman–Crippen LogP) is 5.94. The minimum Gasteiger partial charge on any atom is -0.465 e. The van der Waals surface area contributed by atoms with E-state index in [1.165, 1.54) is 18.2 Å². The van der Waals surface area contributed by atoms with Gasteiger partial charge in [0.1, 0.15) is 11.5 Å². The summed E-state index contributed by atoms with van der Waals surface area (Å²) in [6.45, 7) is 1.75. The number of nitrogens with one attached hydrogen (secondary N) is 1. The minimum absolute atomic E-state index is 0.0815. The fraction of sp³-hybridized carbons (Fsp3) is 0.194. The number of nitro groups is 1. The molecule has 9 heteroatoms. The molecule has 0 radical (unpaired) electrons. The van der Waals surface area contributed by atoms with Crippen LogP contribution in [0.2, 0.25) is 0 Å². The molecule has 2 aliphatic rings. The number of fused-ring (bicyclic) bond motifs is 2. The van der Waals surface area contributed by atoms with Gasteiger partial charge in [-0.3, -0.25) is 29.8 Å². The number of rotatable bonds is 5. The Hall–Kier alpha value is -4.21. The van der Waals surface area contributed by atoms with Gasteiger partial charge in [0.25, 0.3) is 5.69 Å². The minimum atomic E-state index is -1.80. The Morgan fingerprint density at radius 1 is 0.975 bits per heavy atom.